The molecule has 1 amide bonds. The average molecular weight is 353 g/mol. The van der Waals surface area contributed by atoms with Crippen molar-refractivity contribution in [1.82, 2.24) is 4.98 Å². The molecule has 1 heterocycles. The average Bonchev–Trinajstić information content (AvgIpc) is 2.79. The summed E-state index contributed by atoms with van der Waals surface area (Å²) >= 11 is 11.7. The second-order valence-electron chi connectivity index (χ2n) is 5.93. The highest BCUT2D eigenvalue weighted by Gasteiger charge is 2.30. The molecule has 0 radical (unpaired) electrons. The third kappa shape index (κ3) is 5.36. The largest absolute Gasteiger partial charge is 0.326 e. The molecule has 1 fully saturated rings. The lowest BCUT2D eigenvalue weighted by molar-refractivity contribution is -0.117. The van der Waals surface area contributed by atoms with Gasteiger partial charge >= 0.3 is 0 Å². The van der Waals surface area contributed by atoms with Crippen molar-refractivity contribution < 1.29 is 4.79 Å². The van der Waals surface area contributed by atoms with Crippen LogP contribution in [0.1, 0.15) is 39.0 Å². The molecule has 1 aliphatic rings. The maximum Gasteiger partial charge on any atom is 0.224 e. The van der Waals surface area contributed by atoms with E-state index < -0.39 is 0 Å². The molecule has 1 aromatic rings. The number of carbonyl (C=O) groups excluding carboxylic acids is 1. The van der Waals surface area contributed by atoms with Gasteiger partial charge in [-0.1, -0.05) is 54.4 Å². The number of nitrogens with one attached hydrogen (secondary N) is 1. The zero-order valence-corrected chi connectivity index (χ0v) is 14.8. The lowest BCUT2D eigenvalue weighted by Crippen LogP contribution is -2.19. The Balaban J connectivity index is 1.95. The van der Waals surface area contributed by atoms with E-state index in [-0.39, 0.29) is 16.2 Å². The summed E-state index contributed by atoms with van der Waals surface area (Å²) in [6.07, 6.45) is 8.90. The smallest absolute Gasteiger partial charge is 0.224 e. The third-order valence-electron chi connectivity index (χ3n) is 4.22. The normalized spacial score (nSPS) is 21.1. The molecular formula is C18H22Cl2N2O. The van der Waals surface area contributed by atoms with Crippen molar-refractivity contribution >= 4 is 34.8 Å². The minimum absolute atomic E-state index is 0.0208. The molecule has 0 spiro atoms. The minimum atomic E-state index is -0.0208. The molecule has 2 rings (SSSR count). The summed E-state index contributed by atoms with van der Waals surface area (Å²) in [6.45, 7) is 6.29. The summed E-state index contributed by atoms with van der Waals surface area (Å²) in [5.41, 5.74) is 1.85. The Morgan fingerprint density at radius 1 is 1.39 bits per heavy atom. The van der Waals surface area contributed by atoms with Crippen LogP contribution in [0.2, 0.25) is 10.3 Å². The molecule has 0 aliphatic heterocycles. The van der Waals surface area contributed by atoms with Crippen molar-refractivity contribution in [1.29, 1.82) is 0 Å². The molecule has 1 aliphatic carbocycles. The van der Waals surface area contributed by atoms with E-state index in [0.29, 0.717) is 23.9 Å². The molecule has 0 saturated heterocycles. The highest BCUT2D eigenvalue weighted by molar-refractivity contribution is 6.32. The fourth-order valence-electron chi connectivity index (χ4n) is 3.09. The molecule has 124 valence electrons. The number of nitrogens with zero attached hydrogens (tertiary/aromatic N) is 1. The first-order valence-corrected chi connectivity index (χ1v) is 8.70. The first kappa shape index (κ1) is 18.0. The Hall–Kier alpha value is -1.32. The van der Waals surface area contributed by atoms with E-state index in [1.807, 2.05) is 0 Å². The van der Waals surface area contributed by atoms with Crippen molar-refractivity contribution in [3.05, 3.63) is 46.7 Å². The summed E-state index contributed by atoms with van der Waals surface area (Å²) in [4.78, 5) is 16.2. The van der Waals surface area contributed by atoms with Crippen LogP contribution in [0.25, 0.3) is 0 Å². The van der Waals surface area contributed by atoms with Gasteiger partial charge in [0.05, 0.1) is 0 Å². The molecule has 5 heteroatoms. The fraction of sp³-hybridized carbons (Fsp3) is 0.444. The van der Waals surface area contributed by atoms with Crippen molar-refractivity contribution in [2.75, 3.05) is 5.32 Å². The maximum absolute atomic E-state index is 12.3. The predicted molar refractivity (Wildman–Crippen MR) is 96.9 cm³/mol. The molecule has 0 bridgehead atoms. The fourth-order valence-corrected chi connectivity index (χ4v) is 3.55. The quantitative estimate of drug-likeness (QED) is 0.530. The van der Waals surface area contributed by atoms with Gasteiger partial charge in [-0.3, -0.25) is 4.79 Å². The van der Waals surface area contributed by atoms with Gasteiger partial charge in [0.25, 0.3) is 0 Å². The summed E-state index contributed by atoms with van der Waals surface area (Å²) in [5, 5.41) is 3.39. The minimum Gasteiger partial charge on any atom is -0.326 e. The topological polar surface area (TPSA) is 42.0 Å². The van der Waals surface area contributed by atoms with Crippen molar-refractivity contribution in [2.24, 2.45) is 11.8 Å². The van der Waals surface area contributed by atoms with Gasteiger partial charge in [0.15, 0.2) is 0 Å². The predicted octanol–water partition coefficient (Wildman–Crippen LogP) is 5.66. The van der Waals surface area contributed by atoms with Crippen LogP contribution in [0.4, 0.5) is 5.69 Å². The van der Waals surface area contributed by atoms with Gasteiger partial charge < -0.3 is 5.32 Å². The van der Waals surface area contributed by atoms with Gasteiger partial charge in [-0.2, -0.15) is 0 Å². The first-order chi connectivity index (χ1) is 11.0. The Kier molecular flexibility index (Phi) is 6.67. The zero-order valence-electron chi connectivity index (χ0n) is 13.3. The first-order valence-electron chi connectivity index (χ1n) is 7.95. The lowest BCUT2D eigenvalue weighted by Gasteiger charge is -2.18. The van der Waals surface area contributed by atoms with Crippen LogP contribution in [-0.2, 0) is 4.79 Å². The van der Waals surface area contributed by atoms with Crippen LogP contribution in [0.15, 0.2) is 36.4 Å². The molecule has 0 unspecified atom stereocenters. The second-order valence-corrected chi connectivity index (χ2v) is 6.71. The lowest BCUT2D eigenvalue weighted by atomic mass is 9.88. The van der Waals surface area contributed by atoms with E-state index in [2.05, 4.69) is 36.0 Å². The number of rotatable bonds is 6. The van der Waals surface area contributed by atoms with E-state index >= 15 is 0 Å². The standard InChI is InChI=1S/C18H22Cl2N2O/c1-3-4-5-6-15-12(2)7-8-13(15)9-18(23)21-14-10-16(19)22-17(20)11-14/h4-5,10-11,13,15H,2-3,6-9H2,1H3,(H,21,22,23)/b5-4-/t13-,15+/m1/s1. The summed E-state index contributed by atoms with van der Waals surface area (Å²) in [7, 11) is 0. The van der Waals surface area contributed by atoms with E-state index in [0.717, 1.165) is 25.7 Å². The number of halogens is 2. The van der Waals surface area contributed by atoms with Crippen LogP contribution in [0, 0.1) is 11.8 Å². The van der Waals surface area contributed by atoms with Crippen LogP contribution >= 0.6 is 23.2 Å². The third-order valence-corrected chi connectivity index (χ3v) is 4.60. The molecule has 0 aromatic carbocycles. The Morgan fingerprint density at radius 2 is 2.09 bits per heavy atom. The summed E-state index contributed by atoms with van der Waals surface area (Å²) in [5.74, 6) is 0.720. The van der Waals surface area contributed by atoms with Gasteiger partial charge in [0, 0.05) is 12.1 Å². The number of pyridine rings is 1. The van der Waals surface area contributed by atoms with E-state index in [9.17, 15) is 4.79 Å². The number of aromatic nitrogens is 1. The van der Waals surface area contributed by atoms with Crippen molar-refractivity contribution in [2.45, 2.75) is 39.0 Å². The number of carbonyl (C=O) groups is 1. The van der Waals surface area contributed by atoms with E-state index in [4.69, 9.17) is 23.2 Å². The Labute approximate surface area is 147 Å². The van der Waals surface area contributed by atoms with E-state index in [1.165, 1.54) is 5.57 Å². The van der Waals surface area contributed by atoms with E-state index in [1.54, 1.807) is 12.1 Å². The number of hydrogen-bond acceptors (Lipinski definition) is 2. The number of anilines is 1. The molecule has 3 nitrogen and oxygen atoms in total. The molecular weight excluding hydrogens is 331 g/mol. The van der Waals surface area contributed by atoms with Crippen molar-refractivity contribution in [3.63, 3.8) is 0 Å². The Morgan fingerprint density at radius 3 is 2.74 bits per heavy atom. The number of amides is 1. The van der Waals surface area contributed by atoms with Crippen LogP contribution in [-0.4, -0.2) is 10.9 Å². The van der Waals surface area contributed by atoms with Crippen LogP contribution < -0.4 is 5.32 Å². The molecule has 2 atom stereocenters. The van der Waals surface area contributed by atoms with Gasteiger partial charge in [-0.15, -0.1) is 0 Å². The summed E-state index contributed by atoms with van der Waals surface area (Å²) < 4.78 is 0. The Bertz CT molecular complexity index is 593. The highest BCUT2D eigenvalue weighted by atomic mass is 35.5. The molecule has 1 aromatic heterocycles. The maximum atomic E-state index is 12.3. The van der Waals surface area contributed by atoms with Gasteiger partial charge in [0.1, 0.15) is 10.3 Å². The number of allylic oxidation sites excluding steroid dienone is 3. The van der Waals surface area contributed by atoms with Crippen LogP contribution in [0.5, 0.6) is 0 Å². The molecule has 1 saturated carbocycles. The SMILES string of the molecule is C=C1CC[C@H](CC(=O)Nc2cc(Cl)nc(Cl)c2)[C@H]1C/C=C\CC. The van der Waals surface area contributed by atoms with Crippen LogP contribution in [0.3, 0.4) is 0 Å². The monoisotopic (exact) mass is 352 g/mol. The highest BCUT2D eigenvalue weighted by Crippen LogP contribution is 2.40. The van der Waals surface area contributed by atoms with Crippen molar-refractivity contribution in [3.8, 4) is 0 Å². The molecule has 1 N–H and O–H groups in total. The second kappa shape index (κ2) is 8.51. The zero-order chi connectivity index (χ0) is 16.8. The van der Waals surface area contributed by atoms with Gasteiger partial charge in [0.2, 0.25) is 5.91 Å². The summed E-state index contributed by atoms with van der Waals surface area (Å²) in [6, 6.07) is 3.20. The van der Waals surface area contributed by atoms with Gasteiger partial charge in [-0.05, 0) is 49.7 Å². The molecule has 23 heavy (non-hydrogen) atoms. The van der Waals surface area contributed by atoms with Gasteiger partial charge in [-0.25, -0.2) is 4.98 Å². The number of hydrogen-bond donors (Lipinski definition) is 1.